The molecule has 0 saturated carbocycles. The molecular formula is C24H29N3O4S2. The number of fused-ring (bicyclic) bond motifs is 3. The molecule has 4 rings (SSSR count). The van der Waals surface area contributed by atoms with Crippen LogP contribution in [-0.4, -0.2) is 66.6 Å². The highest BCUT2D eigenvalue weighted by atomic mass is 32.2. The molecule has 0 N–H and O–H groups in total. The van der Waals surface area contributed by atoms with Gasteiger partial charge in [-0.25, -0.2) is 4.98 Å². The Morgan fingerprint density at radius 1 is 1.12 bits per heavy atom. The lowest BCUT2D eigenvalue weighted by molar-refractivity contribution is -0.129. The molecule has 0 radical (unpaired) electrons. The number of hydrogen-bond acceptors (Lipinski definition) is 7. The Kier molecular flexibility index (Phi) is 8.19. The summed E-state index contributed by atoms with van der Waals surface area (Å²) in [6, 6.07) is 9.55. The van der Waals surface area contributed by atoms with Crippen molar-refractivity contribution in [3.8, 4) is 5.69 Å². The Balaban J connectivity index is 1.69. The standard InChI is InChI=1S/C24H29N3O4S2/c1-30-14-12-26(13-15-31-2)20(28)16-32-24-25-22-21(18-10-6-7-11-19(18)33-22)23(29)27(24)17-8-4-3-5-9-17/h3-5,8-9H,6-7,10-16H2,1-2H3. The summed E-state index contributed by atoms with van der Waals surface area (Å²) in [6.45, 7) is 1.91. The zero-order chi connectivity index (χ0) is 23.2. The number of carbonyl (C=O) groups excluding carboxylic acids is 1. The summed E-state index contributed by atoms with van der Waals surface area (Å²) >= 11 is 2.93. The van der Waals surface area contributed by atoms with E-state index in [1.54, 1.807) is 35.0 Å². The molecule has 0 saturated heterocycles. The molecule has 1 aliphatic carbocycles. The molecule has 176 valence electrons. The van der Waals surface area contributed by atoms with Crippen LogP contribution in [0, 0.1) is 0 Å². The van der Waals surface area contributed by atoms with Crippen molar-refractivity contribution in [1.29, 1.82) is 0 Å². The second-order valence-corrected chi connectivity index (χ2v) is 9.94. The lowest BCUT2D eigenvalue weighted by Crippen LogP contribution is -2.37. The van der Waals surface area contributed by atoms with Crippen molar-refractivity contribution in [2.75, 3.05) is 46.3 Å². The maximum Gasteiger partial charge on any atom is 0.267 e. The van der Waals surface area contributed by atoms with Gasteiger partial charge in [-0.1, -0.05) is 30.0 Å². The predicted molar refractivity (Wildman–Crippen MR) is 133 cm³/mol. The fraction of sp³-hybridized carbons (Fsp3) is 0.458. The van der Waals surface area contributed by atoms with Gasteiger partial charge in [0.05, 0.1) is 30.0 Å². The van der Waals surface area contributed by atoms with Crippen LogP contribution in [0.1, 0.15) is 23.3 Å². The quantitative estimate of drug-likeness (QED) is 0.322. The minimum absolute atomic E-state index is 0.0338. The minimum Gasteiger partial charge on any atom is -0.383 e. The van der Waals surface area contributed by atoms with Gasteiger partial charge in [0.25, 0.3) is 5.56 Å². The molecule has 0 aliphatic heterocycles. The summed E-state index contributed by atoms with van der Waals surface area (Å²) in [7, 11) is 3.23. The largest absolute Gasteiger partial charge is 0.383 e. The third-order valence-corrected chi connectivity index (χ3v) is 7.89. The lowest BCUT2D eigenvalue weighted by atomic mass is 9.97. The molecule has 0 fully saturated rings. The second-order valence-electron chi connectivity index (χ2n) is 7.92. The highest BCUT2D eigenvalue weighted by Crippen LogP contribution is 2.35. The van der Waals surface area contributed by atoms with Crippen LogP contribution in [0.2, 0.25) is 0 Å². The third kappa shape index (κ3) is 5.32. The number of amides is 1. The van der Waals surface area contributed by atoms with E-state index in [2.05, 4.69) is 0 Å². The number of para-hydroxylation sites is 1. The molecule has 7 nitrogen and oxygen atoms in total. The van der Waals surface area contributed by atoms with Gasteiger partial charge in [-0.2, -0.15) is 0 Å². The molecule has 2 heterocycles. The van der Waals surface area contributed by atoms with Gasteiger partial charge >= 0.3 is 0 Å². The van der Waals surface area contributed by atoms with Crippen molar-refractivity contribution in [3.05, 3.63) is 51.1 Å². The molecule has 3 aromatic rings. The first kappa shape index (κ1) is 23.9. The first-order valence-corrected chi connectivity index (χ1v) is 13.0. The van der Waals surface area contributed by atoms with E-state index in [0.29, 0.717) is 31.5 Å². The fourth-order valence-electron chi connectivity index (χ4n) is 4.07. The predicted octanol–water partition coefficient (Wildman–Crippen LogP) is 3.54. The van der Waals surface area contributed by atoms with Gasteiger partial charge in [0, 0.05) is 32.2 Å². The van der Waals surface area contributed by atoms with Crippen molar-refractivity contribution < 1.29 is 14.3 Å². The van der Waals surface area contributed by atoms with Gasteiger partial charge in [-0.05, 0) is 43.4 Å². The zero-order valence-electron chi connectivity index (χ0n) is 19.0. The van der Waals surface area contributed by atoms with Crippen LogP contribution in [0.15, 0.2) is 40.3 Å². The first-order chi connectivity index (χ1) is 16.1. The molecule has 1 aliphatic rings. The van der Waals surface area contributed by atoms with Crippen molar-refractivity contribution in [2.24, 2.45) is 0 Å². The maximum absolute atomic E-state index is 13.7. The van der Waals surface area contributed by atoms with Crippen LogP contribution in [0.5, 0.6) is 0 Å². The Hall–Kier alpha value is -2.20. The summed E-state index contributed by atoms with van der Waals surface area (Å²) < 4.78 is 12.0. The van der Waals surface area contributed by atoms with Crippen LogP contribution in [0.4, 0.5) is 0 Å². The second kappa shape index (κ2) is 11.3. The fourth-order valence-corrected chi connectivity index (χ4v) is 6.29. The number of hydrogen-bond donors (Lipinski definition) is 0. The van der Waals surface area contributed by atoms with Crippen molar-refractivity contribution in [3.63, 3.8) is 0 Å². The Morgan fingerprint density at radius 3 is 2.52 bits per heavy atom. The number of aromatic nitrogens is 2. The molecule has 2 aromatic heterocycles. The Labute approximate surface area is 201 Å². The number of rotatable bonds is 10. The topological polar surface area (TPSA) is 73.7 Å². The van der Waals surface area contributed by atoms with Gasteiger partial charge in [0.1, 0.15) is 4.83 Å². The smallest absolute Gasteiger partial charge is 0.267 e. The van der Waals surface area contributed by atoms with E-state index in [0.717, 1.165) is 41.6 Å². The zero-order valence-corrected chi connectivity index (χ0v) is 20.7. The minimum atomic E-state index is -0.0452. The average Bonchev–Trinajstić information content (AvgIpc) is 3.22. The van der Waals surface area contributed by atoms with Crippen LogP contribution >= 0.6 is 23.1 Å². The summed E-state index contributed by atoms with van der Waals surface area (Å²) in [5, 5.41) is 1.29. The van der Waals surface area contributed by atoms with Gasteiger partial charge in [-0.3, -0.25) is 14.2 Å². The van der Waals surface area contributed by atoms with Gasteiger partial charge in [0.2, 0.25) is 5.91 Å². The maximum atomic E-state index is 13.7. The molecule has 0 spiro atoms. The molecule has 0 unspecified atom stereocenters. The van der Waals surface area contributed by atoms with E-state index in [1.807, 2.05) is 30.3 Å². The first-order valence-electron chi connectivity index (χ1n) is 11.1. The van der Waals surface area contributed by atoms with Crippen molar-refractivity contribution in [2.45, 2.75) is 30.8 Å². The van der Waals surface area contributed by atoms with Crippen LogP contribution in [-0.2, 0) is 27.1 Å². The van der Waals surface area contributed by atoms with Crippen LogP contribution in [0.3, 0.4) is 0 Å². The van der Waals surface area contributed by atoms with E-state index in [-0.39, 0.29) is 17.2 Å². The van der Waals surface area contributed by atoms with E-state index in [1.165, 1.54) is 22.2 Å². The highest BCUT2D eigenvalue weighted by molar-refractivity contribution is 7.99. The molecule has 0 bridgehead atoms. The molecule has 1 amide bonds. The molecular weight excluding hydrogens is 458 g/mol. The average molecular weight is 488 g/mol. The van der Waals surface area contributed by atoms with E-state index in [9.17, 15) is 9.59 Å². The number of thioether (sulfide) groups is 1. The van der Waals surface area contributed by atoms with Gasteiger partial charge in [0.15, 0.2) is 5.16 Å². The molecule has 0 atom stereocenters. The lowest BCUT2D eigenvalue weighted by Gasteiger charge is -2.22. The monoisotopic (exact) mass is 487 g/mol. The number of carbonyl (C=O) groups is 1. The number of ether oxygens (including phenoxy) is 2. The number of methoxy groups -OCH3 is 2. The van der Waals surface area contributed by atoms with E-state index in [4.69, 9.17) is 14.5 Å². The van der Waals surface area contributed by atoms with Crippen molar-refractivity contribution >= 4 is 39.2 Å². The number of nitrogens with zero attached hydrogens (tertiary/aromatic N) is 3. The van der Waals surface area contributed by atoms with Gasteiger partial charge < -0.3 is 14.4 Å². The Bertz CT molecular complexity index is 1150. The van der Waals surface area contributed by atoms with Crippen molar-refractivity contribution in [1.82, 2.24) is 14.5 Å². The summed E-state index contributed by atoms with van der Waals surface area (Å²) in [6.07, 6.45) is 4.20. The molecule has 1 aromatic carbocycles. The third-order valence-electron chi connectivity index (χ3n) is 5.78. The Morgan fingerprint density at radius 2 is 1.82 bits per heavy atom. The summed E-state index contributed by atoms with van der Waals surface area (Å²) in [5.41, 5.74) is 1.88. The SMILES string of the molecule is COCCN(CCOC)C(=O)CSc1nc2sc3c(c2c(=O)n1-c1ccccc1)CCCC3. The normalized spacial score (nSPS) is 13.3. The number of benzene rings is 1. The van der Waals surface area contributed by atoms with Gasteiger partial charge in [-0.15, -0.1) is 11.3 Å². The number of aryl methyl sites for hydroxylation is 2. The molecule has 9 heteroatoms. The van der Waals surface area contributed by atoms with Crippen LogP contribution in [0.25, 0.3) is 15.9 Å². The van der Waals surface area contributed by atoms with Crippen LogP contribution < -0.4 is 5.56 Å². The summed E-state index contributed by atoms with van der Waals surface area (Å²) in [4.78, 5) is 35.4. The molecule has 33 heavy (non-hydrogen) atoms. The number of thiophene rings is 1. The summed E-state index contributed by atoms with van der Waals surface area (Å²) in [5.74, 6) is 0.150. The highest BCUT2D eigenvalue weighted by Gasteiger charge is 2.23. The van der Waals surface area contributed by atoms with E-state index < -0.39 is 0 Å². The van der Waals surface area contributed by atoms with E-state index >= 15 is 0 Å².